The zero-order valence-corrected chi connectivity index (χ0v) is 25.7. The Labute approximate surface area is 259 Å². The number of rotatable bonds is 8. The van der Waals surface area contributed by atoms with Crippen molar-refractivity contribution in [1.82, 2.24) is 29.8 Å². The second-order valence-corrected chi connectivity index (χ2v) is 15.0. The van der Waals surface area contributed by atoms with Crippen LogP contribution in [0.4, 0.5) is 11.6 Å². The largest absolute Gasteiger partial charge is 0.479 e. The van der Waals surface area contributed by atoms with Crippen LogP contribution in [0.25, 0.3) is 5.65 Å². The number of fused-ring (bicyclic) bond motifs is 2. The van der Waals surface area contributed by atoms with Gasteiger partial charge in [0.25, 0.3) is 5.95 Å². The Morgan fingerprint density at radius 3 is 2.78 bits per heavy atom. The topological polar surface area (TPSA) is 177 Å². The highest BCUT2D eigenvalue weighted by molar-refractivity contribution is 7.93. The summed E-state index contributed by atoms with van der Waals surface area (Å²) in [6, 6.07) is 12.8. The third-order valence-corrected chi connectivity index (χ3v) is 11.8. The van der Waals surface area contributed by atoms with E-state index in [0.29, 0.717) is 18.3 Å². The van der Waals surface area contributed by atoms with Crippen molar-refractivity contribution in [3.63, 3.8) is 0 Å². The molecule has 4 aromatic rings. The molecule has 2 bridgehead atoms. The normalized spacial score (nSPS) is 31.0. The smallest absolute Gasteiger partial charge is 0.332 e. The molecular weight excluding hydrogens is 600 g/mol. The average Bonchev–Trinajstić information content (AvgIpc) is 3.83. The lowest BCUT2D eigenvalue weighted by Gasteiger charge is -2.41. The van der Waals surface area contributed by atoms with Crippen LogP contribution in [0, 0.1) is 12.8 Å². The Bertz CT molecular complexity index is 1910. The Morgan fingerprint density at radius 1 is 1.20 bits per heavy atom. The van der Waals surface area contributed by atoms with Gasteiger partial charge in [-0.3, -0.25) is 5.10 Å². The number of aliphatic carboxylic acids is 1. The highest BCUT2D eigenvalue weighted by Crippen LogP contribution is 2.63. The van der Waals surface area contributed by atoms with Gasteiger partial charge in [0.1, 0.15) is 16.7 Å². The number of carboxylic acid groups (broad SMARTS) is 1. The van der Waals surface area contributed by atoms with Crippen LogP contribution in [0.15, 0.2) is 42.6 Å². The van der Waals surface area contributed by atoms with E-state index >= 15 is 0 Å². The van der Waals surface area contributed by atoms with E-state index in [9.17, 15) is 13.2 Å². The SMILES string of the molecule is Cc1cc(N2CC[C@](C)(c3ccccc3)C2)cn2nc(C34CC(CO3)C4c3nc(NS(=O)(=O)C4COC(C(=O)O)C4)n[nH]3)nc12. The molecule has 0 spiro atoms. The highest BCUT2D eigenvalue weighted by atomic mass is 32.2. The number of aryl methyl sites for hydroxylation is 1. The number of hydrogen-bond acceptors (Lipinski definition) is 10. The van der Waals surface area contributed by atoms with Crippen LogP contribution in [-0.2, 0) is 35.3 Å². The van der Waals surface area contributed by atoms with E-state index in [1.807, 2.05) is 17.6 Å². The maximum atomic E-state index is 12.9. The van der Waals surface area contributed by atoms with Crippen LogP contribution in [0.1, 0.15) is 54.9 Å². The van der Waals surface area contributed by atoms with Gasteiger partial charge in [-0.25, -0.2) is 27.4 Å². The first-order chi connectivity index (χ1) is 21.5. The van der Waals surface area contributed by atoms with E-state index in [4.69, 9.17) is 24.7 Å². The van der Waals surface area contributed by atoms with Gasteiger partial charge in [0, 0.05) is 24.9 Å². The maximum Gasteiger partial charge on any atom is 0.332 e. The minimum Gasteiger partial charge on any atom is -0.479 e. The van der Waals surface area contributed by atoms with Crippen molar-refractivity contribution in [2.45, 2.75) is 61.4 Å². The van der Waals surface area contributed by atoms with Crippen molar-refractivity contribution in [3.05, 3.63) is 65.4 Å². The summed E-state index contributed by atoms with van der Waals surface area (Å²) in [5, 5.41) is 20.1. The van der Waals surface area contributed by atoms with Gasteiger partial charge in [-0.05, 0) is 42.9 Å². The number of nitrogens with zero attached hydrogens (tertiary/aromatic N) is 6. The van der Waals surface area contributed by atoms with E-state index in [1.165, 1.54) is 5.56 Å². The van der Waals surface area contributed by atoms with E-state index in [-0.39, 0.29) is 36.2 Å². The first-order valence-electron chi connectivity index (χ1n) is 15.1. The molecule has 3 aromatic heterocycles. The average molecular weight is 635 g/mol. The molecule has 7 heterocycles. The quantitative estimate of drug-likeness (QED) is 0.259. The molecule has 5 unspecified atom stereocenters. The summed E-state index contributed by atoms with van der Waals surface area (Å²) in [5.74, 6) is -0.309. The zero-order valence-electron chi connectivity index (χ0n) is 24.9. The summed E-state index contributed by atoms with van der Waals surface area (Å²) >= 11 is 0. The Kier molecular flexibility index (Phi) is 6.29. The van der Waals surface area contributed by atoms with Crippen LogP contribution in [-0.4, -0.2) is 86.9 Å². The fourth-order valence-electron chi connectivity index (χ4n) is 7.55. The number of aromatic nitrogens is 6. The molecule has 236 valence electrons. The van der Waals surface area contributed by atoms with Gasteiger partial charge in [0.2, 0.25) is 10.0 Å². The number of sulfonamides is 1. The van der Waals surface area contributed by atoms with Crippen molar-refractivity contribution in [2.24, 2.45) is 5.92 Å². The predicted molar refractivity (Wildman–Crippen MR) is 162 cm³/mol. The van der Waals surface area contributed by atoms with Gasteiger partial charge in [0.05, 0.1) is 31.0 Å². The van der Waals surface area contributed by atoms with Crippen LogP contribution < -0.4 is 9.62 Å². The lowest BCUT2D eigenvalue weighted by Crippen LogP contribution is -2.44. The van der Waals surface area contributed by atoms with Gasteiger partial charge in [-0.15, -0.1) is 10.2 Å². The van der Waals surface area contributed by atoms with Crippen molar-refractivity contribution in [2.75, 3.05) is 35.9 Å². The third kappa shape index (κ3) is 4.50. The monoisotopic (exact) mass is 634 g/mol. The van der Waals surface area contributed by atoms with Crippen molar-refractivity contribution in [3.8, 4) is 0 Å². The summed E-state index contributed by atoms with van der Waals surface area (Å²) in [5.41, 5.74) is 3.48. The summed E-state index contributed by atoms with van der Waals surface area (Å²) in [4.78, 5) is 23.0. The van der Waals surface area contributed by atoms with Crippen LogP contribution in [0.2, 0.25) is 0 Å². The van der Waals surface area contributed by atoms with E-state index < -0.39 is 32.9 Å². The maximum absolute atomic E-state index is 12.9. The second kappa shape index (κ2) is 9.96. The number of carboxylic acids is 1. The number of carbonyl (C=O) groups is 1. The molecule has 0 amide bonds. The van der Waals surface area contributed by atoms with Gasteiger partial charge < -0.3 is 19.5 Å². The molecule has 0 radical (unpaired) electrons. The number of aromatic amines is 1. The first kappa shape index (κ1) is 28.4. The fourth-order valence-corrected chi connectivity index (χ4v) is 8.75. The molecule has 4 aliphatic heterocycles. The molecule has 14 nitrogen and oxygen atoms in total. The summed E-state index contributed by atoms with van der Waals surface area (Å²) in [7, 11) is -3.96. The van der Waals surface area contributed by atoms with Gasteiger partial charge >= 0.3 is 5.97 Å². The standard InChI is InChI=1S/C30H34N8O6S/c1-17-10-20(37-9-8-29(2,16-37)19-6-4-3-5-7-19)13-38-25(17)32-27(35-38)30-12-18(14-44-30)23(30)24-31-28(34-33-24)36-45(41,42)21-11-22(26(39)40)43-15-21/h3-7,10,13,18,21-23H,8-9,11-12,14-16H2,1-2H3,(H,39,40)(H2,31,33,34,36)/t18?,21?,22?,23?,29-,30?/m0/s1. The number of pyridine rings is 1. The molecule has 1 aliphatic carbocycles. The fraction of sp³-hybridized carbons (Fsp3) is 0.500. The number of benzene rings is 1. The molecule has 45 heavy (non-hydrogen) atoms. The molecule has 1 aromatic carbocycles. The number of hydrogen-bond donors (Lipinski definition) is 3. The molecule has 3 N–H and O–H groups in total. The molecular formula is C30H34N8O6S. The number of ether oxygens (including phenoxy) is 2. The van der Waals surface area contributed by atoms with Gasteiger partial charge in [-0.1, -0.05) is 37.3 Å². The van der Waals surface area contributed by atoms with Crippen molar-refractivity contribution in [1.29, 1.82) is 0 Å². The first-order valence-corrected chi connectivity index (χ1v) is 16.7. The minimum absolute atomic E-state index is 0.0678. The van der Waals surface area contributed by atoms with Gasteiger partial charge in [-0.2, -0.15) is 4.98 Å². The molecule has 15 heteroatoms. The molecule has 1 saturated carbocycles. The zero-order chi connectivity index (χ0) is 31.1. The van der Waals surface area contributed by atoms with Crippen molar-refractivity contribution < 1.29 is 27.8 Å². The molecule has 5 aliphatic rings. The lowest BCUT2D eigenvalue weighted by molar-refractivity contribution is -0.147. The third-order valence-electron chi connectivity index (χ3n) is 10.1. The van der Waals surface area contributed by atoms with Crippen LogP contribution in [0.3, 0.4) is 0 Å². The lowest BCUT2D eigenvalue weighted by atomic mass is 9.63. The summed E-state index contributed by atoms with van der Waals surface area (Å²) < 4.78 is 41.4. The number of anilines is 2. The second-order valence-electron chi connectivity index (χ2n) is 13.0. The Hall–Kier alpha value is -4.08. The Balaban J connectivity index is 1.03. The van der Waals surface area contributed by atoms with Gasteiger partial charge in [0.15, 0.2) is 17.6 Å². The minimum atomic E-state index is -3.96. The van der Waals surface area contributed by atoms with E-state index in [0.717, 1.165) is 42.8 Å². The summed E-state index contributed by atoms with van der Waals surface area (Å²) in [6.07, 6.45) is 2.52. The molecule has 6 atom stereocenters. The van der Waals surface area contributed by atoms with Crippen LogP contribution in [0.5, 0.6) is 0 Å². The highest BCUT2D eigenvalue weighted by Gasteiger charge is 2.66. The number of nitrogens with one attached hydrogen (secondary N) is 2. The molecule has 5 fully saturated rings. The predicted octanol–water partition coefficient (Wildman–Crippen LogP) is 2.34. The van der Waals surface area contributed by atoms with E-state index in [1.54, 1.807) is 0 Å². The molecule has 4 saturated heterocycles. The summed E-state index contributed by atoms with van der Waals surface area (Å²) in [6.45, 7) is 6.51. The van der Waals surface area contributed by atoms with Crippen LogP contribution >= 0.6 is 0 Å². The Morgan fingerprint density at radius 2 is 2.02 bits per heavy atom. The van der Waals surface area contributed by atoms with Crippen molar-refractivity contribution >= 4 is 33.3 Å². The number of H-pyrrole nitrogens is 1. The molecule has 9 rings (SSSR count). The van der Waals surface area contributed by atoms with E-state index in [2.05, 4.69) is 68.1 Å².